The van der Waals surface area contributed by atoms with Crippen LogP contribution in [-0.4, -0.2) is 36.6 Å². The summed E-state index contributed by atoms with van der Waals surface area (Å²) in [6.07, 6.45) is 0. The van der Waals surface area contributed by atoms with Gasteiger partial charge in [-0.2, -0.15) is 0 Å². The summed E-state index contributed by atoms with van der Waals surface area (Å²) in [5.74, 6) is -0.353. The quantitative estimate of drug-likeness (QED) is 0.456. The van der Waals surface area contributed by atoms with E-state index < -0.39 is 18.5 Å². The first-order chi connectivity index (χ1) is 12.4. The van der Waals surface area contributed by atoms with Crippen LogP contribution in [0, 0.1) is 20.8 Å². The molecule has 0 aliphatic carbocycles. The van der Waals surface area contributed by atoms with Crippen molar-refractivity contribution in [1.29, 1.82) is 0 Å². The molecule has 1 N–H and O–H groups in total. The highest BCUT2D eigenvalue weighted by molar-refractivity contribution is 6.32. The zero-order valence-corrected chi connectivity index (χ0v) is 15.7. The first-order valence-corrected chi connectivity index (χ1v) is 8.51. The molecule has 1 amide bonds. The van der Waals surface area contributed by atoms with Gasteiger partial charge < -0.3 is 14.8 Å². The second kappa shape index (κ2) is 9.20. The largest absolute Gasteiger partial charge is 0.492 e. The molecule has 0 atom stereocenters. The number of ether oxygens (including phenoxy) is 2. The standard InChI is InChI=1S/C19H21ClN2O4/c1-12-5-4-6-15(9-12)25-8-7-21-16(23)11-26-19(24)17-13(2)10-14(3)22-18(17)20/h4-6,9-10H,7-8,11H2,1-3H3,(H,21,23). The van der Waals surface area contributed by atoms with Gasteiger partial charge in [0.25, 0.3) is 5.91 Å². The van der Waals surface area contributed by atoms with Crippen molar-refractivity contribution in [2.24, 2.45) is 0 Å². The molecule has 7 heteroatoms. The van der Waals surface area contributed by atoms with E-state index in [1.807, 2.05) is 31.2 Å². The zero-order valence-electron chi connectivity index (χ0n) is 15.0. The van der Waals surface area contributed by atoms with Crippen LogP contribution in [0.25, 0.3) is 0 Å². The first kappa shape index (κ1) is 19.7. The number of carbonyl (C=O) groups is 2. The van der Waals surface area contributed by atoms with Gasteiger partial charge in [0.1, 0.15) is 17.5 Å². The Morgan fingerprint density at radius 2 is 1.96 bits per heavy atom. The van der Waals surface area contributed by atoms with E-state index in [0.717, 1.165) is 11.3 Å². The maximum Gasteiger partial charge on any atom is 0.342 e. The molecular weight excluding hydrogens is 356 g/mol. The van der Waals surface area contributed by atoms with Gasteiger partial charge in [-0.15, -0.1) is 0 Å². The van der Waals surface area contributed by atoms with E-state index in [9.17, 15) is 9.59 Å². The Labute approximate surface area is 157 Å². The van der Waals surface area contributed by atoms with E-state index in [1.54, 1.807) is 19.9 Å². The van der Waals surface area contributed by atoms with Gasteiger partial charge in [0.15, 0.2) is 6.61 Å². The summed E-state index contributed by atoms with van der Waals surface area (Å²) in [7, 11) is 0. The summed E-state index contributed by atoms with van der Waals surface area (Å²) >= 11 is 5.99. The Bertz CT molecular complexity index is 785. The molecule has 0 bridgehead atoms. The molecule has 0 aliphatic rings. The van der Waals surface area contributed by atoms with Crippen LogP contribution in [0.1, 0.15) is 27.2 Å². The van der Waals surface area contributed by atoms with Gasteiger partial charge in [0.2, 0.25) is 0 Å². The Balaban J connectivity index is 1.74. The summed E-state index contributed by atoms with van der Waals surface area (Å²) in [5.41, 5.74) is 2.63. The minimum atomic E-state index is -0.675. The van der Waals surface area contributed by atoms with Crippen LogP contribution in [0.5, 0.6) is 5.75 Å². The van der Waals surface area contributed by atoms with Crippen molar-refractivity contribution in [3.63, 3.8) is 0 Å². The van der Waals surface area contributed by atoms with Crippen molar-refractivity contribution in [3.8, 4) is 5.75 Å². The number of carbonyl (C=O) groups excluding carboxylic acids is 2. The van der Waals surface area contributed by atoms with Crippen molar-refractivity contribution in [2.75, 3.05) is 19.8 Å². The van der Waals surface area contributed by atoms with Crippen molar-refractivity contribution in [1.82, 2.24) is 10.3 Å². The van der Waals surface area contributed by atoms with Crippen molar-refractivity contribution in [3.05, 3.63) is 57.9 Å². The number of aromatic nitrogens is 1. The van der Waals surface area contributed by atoms with Gasteiger partial charge in [0.05, 0.1) is 12.1 Å². The average molecular weight is 377 g/mol. The molecular formula is C19H21ClN2O4. The van der Waals surface area contributed by atoms with Gasteiger partial charge in [-0.25, -0.2) is 9.78 Å². The van der Waals surface area contributed by atoms with E-state index in [-0.39, 0.29) is 10.7 Å². The van der Waals surface area contributed by atoms with Gasteiger partial charge in [-0.3, -0.25) is 4.79 Å². The number of nitrogens with one attached hydrogen (secondary N) is 1. The SMILES string of the molecule is Cc1cccc(OCCNC(=O)COC(=O)c2c(C)cc(C)nc2Cl)c1. The number of hydrogen-bond donors (Lipinski definition) is 1. The molecule has 0 spiro atoms. The molecule has 1 heterocycles. The van der Waals surface area contributed by atoms with Gasteiger partial charge in [-0.05, 0) is 50.1 Å². The highest BCUT2D eigenvalue weighted by Crippen LogP contribution is 2.19. The Hall–Kier alpha value is -2.60. The number of benzene rings is 1. The molecule has 1 aromatic carbocycles. The second-order valence-electron chi connectivity index (χ2n) is 5.84. The molecule has 0 unspecified atom stereocenters. The van der Waals surface area contributed by atoms with Crippen LogP contribution in [0.15, 0.2) is 30.3 Å². The molecule has 0 aliphatic heterocycles. The number of pyridine rings is 1. The lowest BCUT2D eigenvalue weighted by atomic mass is 10.1. The highest BCUT2D eigenvalue weighted by atomic mass is 35.5. The summed E-state index contributed by atoms with van der Waals surface area (Å²) in [6, 6.07) is 9.35. The molecule has 0 saturated carbocycles. The molecule has 0 saturated heterocycles. The third kappa shape index (κ3) is 5.74. The number of rotatable bonds is 7. The summed E-state index contributed by atoms with van der Waals surface area (Å²) in [6.45, 7) is 5.71. The number of nitrogens with zero attached hydrogens (tertiary/aromatic N) is 1. The van der Waals surface area contributed by atoms with E-state index in [1.165, 1.54) is 0 Å². The fourth-order valence-electron chi connectivity index (χ4n) is 2.36. The lowest BCUT2D eigenvalue weighted by Gasteiger charge is -2.10. The Morgan fingerprint density at radius 3 is 2.65 bits per heavy atom. The minimum absolute atomic E-state index is 0.0689. The Kier molecular flexibility index (Phi) is 6.97. The van der Waals surface area contributed by atoms with E-state index >= 15 is 0 Å². The highest BCUT2D eigenvalue weighted by Gasteiger charge is 2.18. The van der Waals surface area contributed by atoms with Gasteiger partial charge >= 0.3 is 5.97 Å². The summed E-state index contributed by atoms with van der Waals surface area (Å²) < 4.78 is 10.5. The van der Waals surface area contributed by atoms with Crippen LogP contribution in [0.2, 0.25) is 5.15 Å². The van der Waals surface area contributed by atoms with Crippen molar-refractivity contribution >= 4 is 23.5 Å². The smallest absolute Gasteiger partial charge is 0.342 e. The fraction of sp³-hybridized carbons (Fsp3) is 0.316. The average Bonchev–Trinajstić information content (AvgIpc) is 2.56. The molecule has 0 fully saturated rings. The first-order valence-electron chi connectivity index (χ1n) is 8.14. The predicted molar refractivity (Wildman–Crippen MR) is 98.7 cm³/mol. The van der Waals surface area contributed by atoms with Crippen molar-refractivity contribution < 1.29 is 19.1 Å². The lowest BCUT2D eigenvalue weighted by Crippen LogP contribution is -2.32. The summed E-state index contributed by atoms with van der Waals surface area (Å²) in [4.78, 5) is 27.9. The van der Waals surface area contributed by atoms with Crippen LogP contribution >= 0.6 is 11.6 Å². The fourth-order valence-corrected chi connectivity index (χ4v) is 2.71. The number of amides is 1. The third-order valence-corrected chi connectivity index (χ3v) is 3.80. The Morgan fingerprint density at radius 1 is 1.19 bits per heavy atom. The third-order valence-electron chi connectivity index (χ3n) is 3.52. The molecule has 6 nitrogen and oxygen atoms in total. The van der Waals surface area contributed by atoms with E-state index in [4.69, 9.17) is 21.1 Å². The molecule has 2 rings (SSSR count). The number of aryl methyl sites for hydroxylation is 3. The zero-order chi connectivity index (χ0) is 19.1. The second-order valence-corrected chi connectivity index (χ2v) is 6.20. The van der Waals surface area contributed by atoms with Gasteiger partial charge in [-0.1, -0.05) is 23.7 Å². The van der Waals surface area contributed by atoms with E-state index in [0.29, 0.717) is 24.4 Å². The minimum Gasteiger partial charge on any atom is -0.492 e. The maximum atomic E-state index is 12.1. The molecule has 2 aromatic rings. The molecule has 0 radical (unpaired) electrons. The van der Waals surface area contributed by atoms with Crippen LogP contribution < -0.4 is 10.1 Å². The normalized spacial score (nSPS) is 10.3. The lowest BCUT2D eigenvalue weighted by molar-refractivity contribution is -0.124. The molecule has 26 heavy (non-hydrogen) atoms. The monoisotopic (exact) mass is 376 g/mol. The number of halogens is 1. The maximum absolute atomic E-state index is 12.1. The predicted octanol–water partition coefficient (Wildman–Crippen LogP) is 3.01. The van der Waals surface area contributed by atoms with Crippen LogP contribution in [0.4, 0.5) is 0 Å². The topological polar surface area (TPSA) is 77.5 Å². The van der Waals surface area contributed by atoms with Crippen LogP contribution in [-0.2, 0) is 9.53 Å². The number of hydrogen-bond acceptors (Lipinski definition) is 5. The number of esters is 1. The van der Waals surface area contributed by atoms with E-state index in [2.05, 4.69) is 10.3 Å². The summed E-state index contributed by atoms with van der Waals surface area (Å²) in [5, 5.41) is 2.69. The van der Waals surface area contributed by atoms with Gasteiger partial charge in [0, 0.05) is 5.69 Å². The van der Waals surface area contributed by atoms with Crippen molar-refractivity contribution in [2.45, 2.75) is 20.8 Å². The van der Waals surface area contributed by atoms with Crippen LogP contribution in [0.3, 0.4) is 0 Å². The molecule has 138 valence electrons. The molecule has 1 aromatic heterocycles.